The number of aromatic nitrogens is 2. The predicted octanol–water partition coefficient (Wildman–Crippen LogP) is 3.61. The first kappa shape index (κ1) is 22.8. The maximum atomic E-state index is 13.6. The summed E-state index contributed by atoms with van der Waals surface area (Å²) < 4.78 is 10.7. The van der Waals surface area contributed by atoms with Gasteiger partial charge < -0.3 is 19.3 Å². The van der Waals surface area contributed by atoms with Gasteiger partial charge in [-0.3, -0.25) is 19.6 Å². The molecule has 2 aromatic carbocycles. The van der Waals surface area contributed by atoms with Crippen molar-refractivity contribution in [1.29, 1.82) is 0 Å². The highest BCUT2D eigenvalue weighted by Crippen LogP contribution is 2.34. The van der Waals surface area contributed by atoms with E-state index in [0.717, 1.165) is 16.8 Å². The lowest BCUT2D eigenvalue weighted by Crippen LogP contribution is -2.44. The van der Waals surface area contributed by atoms with Gasteiger partial charge in [0, 0.05) is 44.0 Å². The van der Waals surface area contributed by atoms with E-state index in [1.807, 2.05) is 43.1 Å². The van der Waals surface area contributed by atoms with Crippen molar-refractivity contribution in [2.24, 2.45) is 5.92 Å². The van der Waals surface area contributed by atoms with Crippen molar-refractivity contribution in [1.82, 2.24) is 19.8 Å². The van der Waals surface area contributed by atoms with Crippen LogP contribution >= 0.6 is 0 Å². The molecule has 3 heterocycles. The van der Waals surface area contributed by atoms with Crippen molar-refractivity contribution in [2.75, 3.05) is 26.9 Å². The van der Waals surface area contributed by atoms with Crippen molar-refractivity contribution in [3.05, 3.63) is 83.4 Å². The van der Waals surface area contributed by atoms with E-state index in [4.69, 9.17) is 9.47 Å². The number of carbonyl (C=O) groups excluding carboxylic acids is 2. The van der Waals surface area contributed by atoms with Crippen LogP contribution < -0.4 is 9.47 Å². The zero-order valence-corrected chi connectivity index (χ0v) is 19.9. The first-order valence-electron chi connectivity index (χ1n) is 11.8. The third-order valence-corrected chi connectivity index (χ3v) is 6.83. The van der Waals surface area contributed by atoms with Crippen molar-refractivity contribution < 1.29 is 19.1 Å². The highest BCUT2D eigenvalue weighted by molar-refractivity contribution is 5.95. The van der Waals surface area contributed by atoms with Crippen LogP contribution in [0.3, 0.4) is 0 Å². The molecule has 2 aliphatic rings. The van der Waals surface area contributed by atoms with Crippen molar-refractivity contribution in [3.63, 3.8) is 0 Å². The highest BCUT2D eigenvalue weighted by Gasteiger charge is 2.34. The minimum Gasteiger partial charge on any atom is -0.454 e. The summed E-state index contributed by atoms with van der Waals surface area (Å²) in [6.45, 7) is 3.26. The van der Waals surface area contributed by atoms with Crippen LogP contribution in [0.25, 0.3) is 0 Å². The highest BCUT2D eigenvalue weighted by atomic mass is 16.7. The average molecular weight is 473 g/mol. The smallest absolute Gasteiger partial charge is 0.253 e. The Balaban J connectivity index is 1.29. The second-order valence-corrected chi connectivity index (χ2v) is 8.97. The number of ether oxygens (including phenoxy) is 2. The molecular formula is C27H28N4O4. The molecule has 3 aromatic rings. The fraction of sp³-hybridized carbons (Fsp3) is 0.333. The molecule has 0 aliphatic carbocycles. The SMILES string of the molecule is Cc1ccccc1C(c1cnccn1)N(C)C(=O)C1CCN(C(=O)c2ccc3c(c2)OCO3)CC1. The number of fused-ring (bicyclic) bond motifs is 1. The number of carbonyl (C=O) groups is 2. The predicted molar refractivity (Wildman–Crippen MR) is 129 cm³/mol. The third-order valence-electron chi connectivity index (χ3n) is 6.83. The molecule has 0 saturated carbocycles. The maximum absolute atomic E-state index is 13.6. The second kappa shape index (κ2) is 9.74. The molecule has 2 aliphatic heterocycles. The van der Waals surface area contributed by atoms with Gasteiger partial charge in [-0.25, -0.2) is 0 Å². The summed E-state index contributed by atoms with van der Waals surface area (Å²) in [6.07, 6.45) is 6.22. The molecule has 0 spiro atoms. The molecule has 5 rings (SSSR count). The van der Waals surface area contributed by atoms with E-state index in [9.17, 15) is 9.59 Å². The lowest BCUT2D eigenvalue weighted by molar-refractivity contribution is -0.137. The number of amides is 2. The van der Waals surface area contributed by atoms with Gasteiger partial charge in [0.2, 0.25) is 12.7 Å². The fourth-order valence-electron chi connectivity index (χ4n) is 4.87. The van der Waals surface area contributed by atoms with Crippen LogP contribution in [0.15, 0.2) is 61.1 Å². The minimum atomic E-state index is -0.328. The summed E-state index contributed by atoms with van der Waals surface area (Å²) in [6, 6.07) is 13.0. The molecule has 1 aromatic heterocycles. The van der Waals surface area contributed by atoms with Gasteiger partial charge in [0.25, 0.3) is 5.91 Å². The van der Waals surface area contributed by atoms with Gasteiger partial charge in [-0.1, -0.05) is 24.3 Å². The van der Waals surface area contributed by atoms with E-state index in [0.29, 0.717) is 43.0 Å². The Morgan fingerprint density at radius 3 is 2.57 bits per heavy atom. The van der Waals surface area contributed by atoms with E-state index in [1.165, 1.54) is 0 Å². The number of hydrogen-bond donors (Lipinski definition) is 0. The third kappa shape index (κ3) is 4.56. The van der Waals surface area contributed by atoms with E-state index in [-0.39, 0.29) is 30.6 Å². The molecule has 8 heteroatoms. The quantitative estimate of drug-likeness (QED) is 0.564. The normalized spacial score (nSPS) is 16.1. The largest absolute Gasteiger partial charge is 0.454 e. The van der Waals surface area contributed by atoms with Gasteiger partial charge in [0.05, 0.1) is 11.9 Å². The Morgan fingerprint density at radius 2 is 1.83 bits per heavy atom. The Bertz CT molecular complexity index is 1220. The Hall–Kier alpha value is -3.94. The molecular weight excluding hydrogens is 444 g/mol. The summed E-state index contributed by atoms with van der Waals surface area (Å²) in [4.78, 5) is 39.0. The summed E-state index contributed by atoms with van der Waals surface area (Å²) in [7, 11) is 1.83. The summed E-state index contributed by atoms with van der Waals surface area (Å²) >= 11 is 0. The molecule has 1 unspecified atom stereocenters. The number of hydrogen-bond acceptors (Lipinski definition) is 6. The van der Waals surface area contributed by atoms with Gasteiger partial charge in [0.1, 0.15) is 6.04 Å². The monoisotopic (exact) mass is 472 g/mol. The Morgan fingerprint density at radius 1 is 1.06 bits per heavy atom. The molecule has 8 nitrogen and oxygen atoms in total. The van der Waals surface area contributed by atoms with Crippen LogP contribution in [0, 0.1) is 12.8 Å². The Labute approximate surface area is 204 Å². The molecule has 1 saturated heterocycles. The topological polar surface area (TPSA) is 84.9 Å². The standard InChI is InChI=1S/C27H28N4O4/c1-18-5-3-4-6-21(18)25(22-16-28-11-12-29-22)30(2)26(32)19-9-13-31(14-10-19)27(33)20-7-8-23-24(15-20)35-17-34-23/h3-8,11-12,15-16,19,25H,9-10,13-14,17H2,1-2H3. The summed E-state index contributed by atoms with van der Waals surface area (Å²) in [5.41, 5.74) is 3.41. The first-order chi connectivity index (χ1) is 17.0. The molecule has 180 valence electrons. The van der Waals surface area contributed by atoms with Crippen molar-refractivity contribution in [2.45, 2.75) is 25.8 Å². The van der Waals surface area contributed by atoms with Crippen LogP contribution in [0.4, 0.5) is 0 Å². The molecule has 0 bridgehead atoms. The van der Waals surface area contributed by atoms with Crippen LogP contribution in [-0.4, -0.2) is 58.5 Å². The van der Waals surface area contributed by atoms with Crippen LogP contribution in [0.5, 0.6) is 11.5 Å². The van der Waals surface area contributed by atoms with Crippen LogP contribution in [0.1, 0.15) is 46.1 Å². The number of piperidine rings is 1. The number of aryl methyl sites for hydroxylation is 1. The van der Waals surface area contributed by atoms with Crippen LogP contribution in [-0.2, 0) is 4.79 Å². The van der Waals surface area contributed by atoms with Crippen LogP contribution in [0.2, 0.25) is 0 Å². The van der Waals surface area contributed by atoms with Gasteiger partial charge in [0.15, 0.2) is 11.5 Å². The number of nitrogens with zero attached hydrogens (tertiary/aromatic N) is 4. The lowest BCUT2D eigenvalue weighted by atomic mass is 9.92. The lowest BCUT2D eigenvalue weighted by Gasteiger charge is -2.36. The zero-order chi connectivity index (χ0) is 24.4. The number of rotatable bonds is 5. The van der Waals surface area contributed by atoms with Gasteiger partial charge in [-0.15, -0.1) is 0 Å². The van der Waals surface area contributed by atoms with E-state index in [2.05, 4.69) is 9.97 Å². The second-order valence-electron chi connectivity index (χ2n) is 8.97. The zero-order valence-electron chi connectivity index (χ0n) is 19.9. The molecule has 35 heavy (non-hydrogen) atoms. The number of benzene rings is 2. The van der Waals surface area contributed by atoms with Gasteiger partial charge >= 0.3 is 0 Å². The molecule has 1 atom stereocenters. The molecule has 1 fully saturated rings. The number of likely N-dealkylation sites (tertiary alicyclic amines) is 1. The summed E-state index contributed by atoms with van der Waals surface area (Å²) in [5.74, 6) is 1.08. The first-order valence-corrected chi connectivity index (χ1v) is 11.8. The molecule has 0 radical (unpaired) electrons. The van der Waals surface area contributed by atoms with E-state index >= 15 is 0 Å². The van der Waals surface area contributed by atoms with E-state index in [1.54, 1.807) is 41.7 Å². The fourth-order valence-corrected chi connectivity index (χ4v) is 4.87. The molecule has 0 N–H and O–H groups in total. The average Bonchev–Trinajstić information content (AvgIpc) is 3.38. The maximum Gasteiger partial charge on any atom is 0.253 e. The van der Waals surface area contributed by atoms with E-state index < -0.39 is 0 Å². The molecule has 2 amide bonds. The van der Waals surface area contributed by atoms with Crippen molar-refractivity contribution >= 4 is 11.8 Å². The Kier molecular flexibility index (Phi) is 6.35. The minimum absolute atomic E-state index is 0.0547. The van der Waals surface area contributed by atoms with Gasteiger partial charge in [-0.05, 0) is 49.1 Å². The van der Waals surface area contributed by atoms with Gasteiger partial charge in [-0.2, -0.15) is 0 Å². The van der Waals surface area contributed by atoms with Crippen molar-refractivity contribution in [3.8, 4) is 11.5 Å². The summed E-state index contributed by atoms with van der Waals surface area (Å²) in [5, 5.41) is 0.